The van der Waals surface area contributed by atoms with Crippen LogP contribution in [0.3, 0.4) is 0 Å². The molecule has 1 fully saturated rings. The Morgan fingerprint density at radius 2 is 1.45 bits per heavy atom. The van der Waals surface area contributed by atoms with Gasteiger partial charge in [-0.3, -0.25) is 4.79 Å². The maximum absolute atomic E-state index is 13.2. The smallest absolute Gasteiger partial charge is 0.236 e. The zero-order chi connectivity index (χ0) is 20.1. The van der Waals surface area contributed by atoms with Crippen LogP contribution in [-0.4, -0.2) is 29.0 Å². The minimum absolute atomic E-state index is 0.0921. The summed E-state index contributed by atoms with van der Waals surface area (Å²) < 4.78 is 0. The fourth-order valence-corrected chi connectivity index (χ4v) is 3.76. The number of rotatable bonds is 5. The highest BCUT2D eigenvalue weighted by Crippen LogP contribution is 2.26. The average molecular weight is 386 g/mol. The number of aromatic nitrogens is 2. The van der Waals surface area contributed by atoms with Gasteiger partial charge in [-0.15, -0.1) is 0 Å². The number of carbonyl (C=O) groups is 1. The maximum atomic E-state index is 13.2. The van der Waals surface area contributed by atoms with Gasteiger partial charge in [0, 0.05) is 13.1 Å². The van der Waals surface area contributed by atoms with Gasteiger partial charge < -0.3 is 10.2 Å². The number of nitrogens with one attached hydrogen (secondary N) is 1. The molecule has 4 rings (SSSR count). The first-order valence-electron chi connectivity index (χ1n) is 10.2. The Morgan fingerprint density at radius 1 is 0.931 bits per heavy atom. The van der Waals surface area contributed by atoms with Gasteiger partial charge in [0.25, 0.3) is 0 Å². The second kappa shape index (κ2) is 8.86. The van der Waals surface area contributed by atoms with Crippen LogP contribution in [0.2, 0.25) is 0 Å². The quantitative estimate of drug-likeness (QED) is 0.702. The summed E-state index contributed by atoms with van der Waals surface area (Å²) in [5, 5.41) is 2.99. The van der Waals surface area contributed by atoms with Gasteiger partial charge in [0.15, 0.2) is 0 Å². The lowest BCUT2D eigenvalue weighted by molar-refractivity contribution is -0.116. The first-order chi connectivity index (χ1) is 14.2. The summed E-state index contributed by atoms with van der Waals surface area (Å²) in [4.78, 5) is 24.3. The molecule has 0 saturated carbocycles. The number of amides is 1. The van der Waals surface area contributed by atoms with E-state index in [9.17, 15) is 4.79 Å². The topological polar surface area (TPSA) is 58.1 Å². The molecule has 0 radical (unpaired) electrons. The van der Waals surface area contributed by atoms with Crippen molar-refractivity contribution in [3.8, 4) is 0 Å². The largest absolute Gasteiger partial charge is 0.341 e. The highest BCUT2D eigenvalue weighted by atomic mass is 16.1. The van der Waals surface area contributed by atoms with Crippen molar-refractivity contribution < 1.29 is 4.79 Å². The summed E-state index contributed by atoms with van der Waals surface area (Å²) in [5.41, 5.74) is 2.52. The number of anilines is 2. The Labute approximate surface area is 171 Å². The van der Waals surface area contributed by atoms with Crippen molar-refractivity contribution >= 4 is 17.5 Å². The molecule has 0 atom stereocenters. The van der Waals surface area contributed by atoms with Crippen LogP contribution in [0.4, 0.5) is 11.6 Å². The summed E-state index contributed by atoms with van der Waals surface area (Å²) in [6.45, 7) is 4.25. The number of hydrogen-bond donors (Lipinski definition) is 1. The second-order valence-corrected chi connectivity index (χ2v) is 7.68. The summed E-state index contributed by atoms with van der Waals surface area (Å²) in [7, 11) is 0. The zero-order valence-corrected chi connectivity index (χ0v) is 16.7. The van der Waals surface area contributed by atoms with Gasteiger partial charge in [-0.05, 0) is 29.9 Å². The molecule has 2 aromatic carbocycles. The van der Waals surface area contributed by atoms with Crippen LogP contribution in [0.1, 0.15) is 36.8 Å². The highest BCUT2D eigenvalue weighted by Gasteiger charge is 2.23. The van der Waals surface area contributed by atoms with Gasteiger partial charge >= 0.3 is 0 Å². The van der Waals surface area contributed by atoms with E-state index < -0.39 is 0 Å². The SMILES string of the molecule is CC1CCN(c2ncc(NC(=O)C(c3ccccc3)c3ccccc3)cn2)CC1. The van der Waals surface area contributed by atoms with E-state index in [1.165, 1.54) is 0 Å². The summed E-state index contributed by atoms with van der Waals surface area (Å²) in [5.74, 6) is 1.02. The Balaban J connectivity index is 1.50. The first kappa shape index (κ1) is 19.1. The third-order valence-corrected chi connectivity index (χ3v) is 5.50. The van der Waals surface area contributed by atoms with Gasteiger partial charge in [0.05, 0.1) is 24.0 Å². The van der Waals surface area contributed by atoms with Gasteiger partial charge in [-0.2, -0.15) is 0 Å². The van der Waals surface area contributed by atoms with Crippen molar-refractivity contribution in [3.63, 3.8) is 0 Å². The molecule has 1 N–H and O–H groups in total. The molecule has 2 heterocycles. The van der Waals surface area contributed by atoms with Crippen LogP contribution in [-0.2, 0) is 4.79 Å². The van der Waals surface area contributed by atoms with Crippen molar-refractivity contribution in [1.29, 1.82) is 0 Å². The number of carbonyl (C=O) groups excluding carboxylic acids is 1. The molecule has 0 aliphatic carbocycles. The minimum atomic E-state index is -0.388. The molecule has 1 aromatic heterocycles. The number of nitrogens with zero attached hydrogens (tertiary/aromatic N) is 3. The van der Waals surface area contributed by atoms with Crippen molar-refractivity contribution in [3.05, 3.63) is 84.2 Å². The van der Waals surface area contributed by atoms with Crippen LogP contribution >= 0.6 is 0 Å². The Bertz CT molecular complexity index is 881. The molecule has 3 aromatic rings. The predicted molar refractivity (Wildman–Crippen MR) is 116 cm³/mol. The number of hydrogen-bond acceptors (Lipinski definition) is 4. The van der Waals surface area contributed by atoms with Crippen LogP contribution in [0.15, 0.2) is 73.1 Å². The lowest BCUT2D eigenvalue weighted by atomic mass is 9.90. The average Bonchev–Trinajstić information content (AvgIpc) is 2.77. The zero-order valence-electron chi connectivity index (χ0n) is 16.7. The normalized spacial score (nSPS) is 14.8. The summed E-state index contributed by atoms with van der Waals surface area (Å²) >= 11 is 0. The molecule has 1 aliphatic heterocycles. The molecule has 1 amide bonds. The molecule has 1 saturated heterocycles. The molecular formula is C24H26N4O. The van der Waals surface area contributed by atoms with Crippen molar-refractivity contribution in [2.45, 2.75) is 25.7 Å². The molecule has 29 heavy (non-hydrogen) atoms. The van der Waals surface area contributed by atoms with E-state index in [1.807, 2.05) is 60.7 Å². The molecule has 0 unspecified atom stereocenters. The summed E-state index contributed by atoms with van der Waals surface area (Å²) in [6, 6.07) is 19.7. The van der Waals surface area contributed by atoms with E-state index in [-0.39, 0.29) is 11.8 Å². The van der Waals surface area contributed by atoms with Crippen molar-refractivity contribution in [2.75, 3.05) is 23.3 Å². The molecule has 0 spiro atoms. The van der Waals surface area contributed by atoms with Gasteiger partial charge in [0.2, 0.25) is 11.9 Å². The van der Waals surface area contributed by atoms with Crippen LogP contribution < -0.4 is 10.2 Å². The molecule has 148 valence electrons. The van der Waals surface area contributed by atoms with Crippen LogP contribution in [0, 0.1) is 5.92 Å². The molecule has 5 heteroatoms. The lowest BCUT2D eigenvalue weighted by Gasteiger charge is -2.30. The molecule has 1 aliphatic rings. The van der Waals surface area contributed by atoms with E-state index in [4.69, 9.17) is 0 Å². The summed E-state index contributed by atoms with van der Waals surface area (Å²) in [6.07, 6.45) is 5.73. The standard InChI is InChI=1S/C24H26N4O/c1-18-12-14-28(15-13-18)24-25-16-21(17-26-24)27-23(29)22(19-8-4-2-5-9-19)20-10-6-3-7-11-20/h2-11,16-18,22H,12-15H2,1H3,(H,27,29). The first-order valence-corrected chi connectivity index (χ1v) is 10.2. The third kappa shape index (κ3) is 4.62. The fraction of sp³-hybridized carbons (Fsp3) is 0.292. The van der Waals surface area contributed by atoms with E-state index in [1.54, 1.807) is 12.4 Å². The van der Waals surface area contributed by atoms with Crippen molar-refractivity contribution in [2.24, 2.45) is 5.92 Å². The lowest BCUT2D eigenvalue weighted by Crippen LogP contribution is -2.34. The Kier molecular flexibility index (Phi) is 5.84. The highest BCUT2D eigenvalue weighted by molar-refractivity contribution is 5.98. The van der Waals surface area contributed by atoms with Crippen LogP contribution in [0.5, 0.6) is 0 Å². The second-order valence-electron chi connectivity index (χ2n) is 7.68. The van der Waals surface area contributed by atoms with Gasteiger partial charge in [-0.1, -0.05) is 67.6 Å². The van der Waals surface area contributed by atoms with Gasteiger partial charge in [0.1, 0.15) is 0 Å². The fourth-order valence-electron chi connectivity index (χ4n) is 3.76. The van der Waals surface area contributed by atoms with Gasteiger partial charge in [-0.25, -0.2) is 9.97 Å². The van der Waals surface area contributed by atoms with Crippen molar-refractivity contribution in [1.82, 2.24) is 9.97 Å². The van der Waals surface area contributed by atoms with Crippen LogP contribution in [0.25, 0.3) is 0 Å². The van der Waals surface area contributed by atoms with E-state index >= 15 is 0 Å². The predicted octanol–water partition coefficient (Wildman–Crippen LogP) is 4.48. The minimum Gasteiger partial charge on any atom is -0.341 e. The third-order valence-electron chi connectivity index (χ3n) is 5.50. The monoisotopic (exact) mass is 386 g/mol. The molecule has 5 nitrogen and oxygen atoms in total. The maximum Gasteiger partial charge on any atom is 0.236 e. The molecular weight excluding hydrogens is 360 g/mol. The van der Waals surface area contributed by atoms with E-state index in [0.717, 1.165) is 48.9 Å². The number of piperidine rings is 1. The molecule has 0 bridgehead atoms. The number of benzene rings is 2. The van der Waals surface area contributed by atoms with E-state index in [2.05, 4.69) is 27.1 Å². The van der Waals surface area contributed by atoms with E-state index in [0.29, 0.717) is 5.69 Å². The Morgan fingerprint density at radius 3 is 1.97 bits per heavy atom. The Hall–Kier alpha value is -3.21.